The Labute approximate surface area is 130 Å². The maximum absolute atomic E-state index is 13.4. The molecular weight excluding hydrogens is 283 g/mol. The quantitative estimate of drug-likeness (QED) is 0.912. The Bertz CT molecular complexity index is 597. The number of hydrogen-bond acceptors (Lipinski definition) is 4. The van der Waals surface area contributed by atoms with E-state index in [0.29, 0.717) is 25.2 Å². The van der Waals surface area contributed by atoms with Crippen LogP contribution in [0.3, 0.4) is 0 Å². The minimum atomic E-state index is -0.766. The molecule has 3 atom stereocenters. The third-order valence-electron chi connectivity index (χ3n) is 5.00. The lowest BCUT2D eigenvalue weighted by molar-refractivity contribution is -0.108. The van der Waals surface area contributed by atoms with Crippen molar-refractivity contribution in [2.45, 2.75) is 37.8 Å². The SMILES string of the molecule is C[C@]1(O)CCOC[C@@H]1[C@H]1CCCN1c1ccc(F)cc1C#N. The molecule has 5 heteroatoms. The molecule has 1 aromatic rings. The first-order valence-corrected chi connectivity index (χ1v) is 7.79. The third-order valence-corrected chi connectivity index (χ3v) is 5.00. The van der Waals surface area contributed by atoms with Gasteiger partial charge in [-0.1, -0.05) is 0 Å². The van der Waals surface area contributed by atoms with Gasteiger partial charge < -0.3 is 14.7 Å². The second kappa shape index (κ2) is 5.86. The first kappa shape index (κ1) is 15.3. The van der Waals surface area contributed by atoms with Crippen LogP contribution in [0.2, 0.25) is 0 Å². The Morgan fingerprint density at radius 1 is 1.50 bits per heavy atom. The fraction of sp³-hybridized carbons (Fsp3) is 0.588. The number of nitriles is 1. The van der Waals surface area contributed by atoms with Crippen LogP contribution in [0.25, 0.3) is 0 Å². The van der Waals surface area contributed by atoms with Gasteiger partial charge in [-0.3, -0.25) is 0 Å². The third kappa shape index (κ3) is 2.69. The average molecular weight is 304 g/mol. The van der Waals surface area contributed by atoms with Gasteiger partial charge in [0.05, 0.1) is 23.5 Å². The lowest BCUT2D eigenvalue weighted by atomic mass is 9.79. The zero-order valence-corrected chi connectivity index (χ0v) is 12.8. The number of ether oxygens (including phenoxy) is 1. The predicted octanol–water partition coefficient (Wildman–Crippen LogP) is 2.45. The van der Waals surface area contributed by atoms with Gasteiger partial charge in [0.1, 0.15) is 11.9 Å². The van der Waals surface area contributed by atoms with Crippen molar-refractivity contribution in [3.05, 3.63) is 29.6 Å². The molecule has 3 rings (SSSR count). The molecule has 1 aromatic carbocycles. The van der Waals surface area contributed by atoms with E-state index in [4.69, 9.17) is 4.74 Å². The van der Waals surface area contributed by atoms with Crippen LogP contribution in [0.5, 0.6) is 0 Å². The summed E-state index contributed by atoms with van der Waals surface area (Å²) in [7, 11) is 0. The smallest absolute Gasteiger partial charge is 0.124 e. The average Bonchev–Trinajstić information content (AvgIpc) is 2.95. The highest BCUT2D eigenvalue weighted by atomic mass is 19.1. The standard InChI is InChI=1S/C17H21FN2O2/c1-17(21)6-8-22-11-14(17)16-3-2-7-20(16)15-5-4-13(18)9-12(15)10-19/h4-5,9,14,16,21H,2-3,6-8,11H2,1H3/t14-,16-,17+/m1/s1. The molecule has 4 nitrogen and oxygen atoms in total. The number of benzene rings is 1. The van der Waals surface area contributed by atoms with Crippen molar-refractivity contribution in [1.82, 2.24) is 0 Å². The van der Waals surface area contributed by atoms with Crippen LogP contribution in [-0.4, -0.2) is 36.5 Å². The molecule has 0 amide bonds. The molecule has 22 heavy (non-hydrogen) atoms. The summed E-state index contributed by atoms with van der Waals surface area (Å²) in [5.74, 6) is -0.399. The van der Waals surface area contributed by atoms with Crippen LogP contribution in [0, 0.1) is 23.1 Å². The van der Waals surface area contributed by atoms with Crippen LogP contribution in [0.1, 0.15) is 31.7 Å². The normalized spacial score (nSPS) is 32.0. The highest BCUT2D eigenvalue weighted by molar-refractivity contribution is 5.60. The molecule has 2 aliphatic rings. The maximum Gasteiger partial charge on any atom is 0.124 e. The molecule has 1 N–H and O–H groups in total. The van der Waals surface area contributed by atoms with Gasteiger partial charge >= 0.3 is 0 Å². The Kier molecular flexibility index (Phi) is 4.07. The van der Waals surface area contributed by atoms with E-state index in [1.54, 1.807) is 6.07 Å². The fourth-order valence-corrected chi connectivity index (χ4v) is 3.74. The lowest BCUT2D eigenvalue weighted by Crippen LogP contribution is -2.52. The summed E-state index contributed by atoms with van der Waals surface area (Å²) in [4.78, 5) is 2.14. The summed E-state index contributed by atoms with van der Waals surface area (Å²) < 4.78 is 18.9. The summed E-state index contributed by atoms with van der Waals surface area (Å²) in [6.45, 7) is 3.79. The first-order chi connectivity index (χ1) is 10.5. The molecule has 2 saturated heterocycles. The Morgan fingerprint density at radius 3 is 3.05 bits per heavy atom. The van der Waals surface area contributed by atoms with Crippen LogP contribution < -0.4 is 4.90 Å². The molecule has 2 fully saturated rings. The minimum absolute atomic E-state index is 0.000320. The van der Waals surface area contributed by atoms with Gasteiger partial charge in [-0.05, 0) is 44.4 Å². The molecule has 0 aromatic heterocycles. The molecule has 0 radical (unpaired) electrons. The van der Waals surface area contributed by atoms with Crippen molar-refractivity contribution >= 4 is 5.69 Å². The number of rotatable bonds is 2. The highest BCUT2D eigenvalue weighted by Gasteiger charge is 2.44. The zero-order chi connectivity index (χ0) is 15.7. The lowest BCUT2D eigenvalue weighted by Gasteiger charge is -2.44. The molecule has 0 bridgehead atoms. The van der Waals surface area contributed by atoms with Crippen LogP contribution in [0.4, 0.5) is 10.1 Å². The van der Waals surface area contributed by atoms with Gasteiger partial charge in [0.2, 0.25) is 0 Å². The molecule has 2 aliphatic heterocycles. The number of nitrogens with zero attached hydrogens (tertiary/aromatic N) is 2. The molecule has 0 spiro atoms. The summed E-state index contributed by atoms with van der Waals surface area (Å²) in [5.41, 5.74) is 0.342. The largest absolute Gasteiger partial charge is 0.390 e. The molecule has 0 aliphatic carbocycles. The van der Waals surface area contributed by atoms with Gasteiger partial charge in [0.25, 0.3) is 0 Å². The highest BCUT2D eigenvalue weighted by Crippen LogP contribution is 2.39. The second-order valence-corrected chi connectivity index (χ2v) is 6.46. The number of hydrogen-bond donors (Lipinski definition) is 1. The van der Waals surface area contributed by atoms with Crippen molar-refractivity contribution in [3.8, 4) is 6.07 Å². The maximum atomic E-state index is 13.4. The second-order valence-electron chi connectivity index (χ2n) is 6.46. The van der Waals surface area contributed by atoms with Crippen molar-refractivity contribution in [2.75, 3.05) is 24.7 Å². The zero-order valence-electron chi connectivity index (χ0n) is 12.8. The molecule has 2 heterocycles. The minimum Gasteiger partial charge on any atom is -0.390 e. The van der Waals surface area contributed by atoms with Crippen LogP contribution in [-0.2, 0) is 4.74 Å². The summed E-state index contributed by atoms with van der Waals surface area (Å²) >= 11 is 0. The fourth-order valence-electron chi connectivity index (χ4n) is 3.74. The Balaban J connectivity index is 1.92. The predicted molar refractivity (Wildman–Crippen MR) is 81.0 cm³/mol. The van der Waals surface area contributed by atoms with Gasteiger partial charge in [0, 0.05) is 25.1 Å². The van der Waals surface area contributed by atoms with Gasteiger partial charge in [-0.2, -0.15) is 5.26 Å². The Morgan fingerprint density at radius 2 is 2.32 bits per heavy atom. The van der Waals surface area contributed by atoms with Crippen molar-refractivity contribution in [1.29, 1.82) is 5.26 Å². The first-order valence-electron chi connectivity index (χ1n) is 7.79. The van der Waals surface area contributed by atoms with E-state index in [0.717, 1.165) is 25.1 Å². The molecule has 118 valence electrons. The molecule has 0 saturated carbocycles. The molecular formula is C17H21FN2O2. The number of aliphatic hydroxyl groups is 1. The van der Waals surface area contributed by atoms with E-state index in [2.05, 4.69) is 11.0 Å². The van der Waals surface area contributed by atoms with Gasteiger partial charge in [-0.25, -0.2) is 4.39 Å². The van der Waals surface area contributed by atoms with Crippen molar-refractivity contribution in [3.63, 3.8) is 0 Å². The van der Waals surface area contributed by atoms with E-state index in [1.165, 1.54) is 12.1 Å². The summed E-state index contributed by atoms with van der Waals surface area (Å²) in [6.07, 6.45) is 2.57. The van der Waals surface area contributed by atoms with Crippen molar-refractivity contribution < 1.29 is 14.2 Å². The van der Waals surface area contributed by atoms with Gasteiger partial charge in [-0.15, -0.1) is 0 Å². The summed E-state index contributed by atoms with van der Waals surface area (Å²) in [6, 6.07) is 6.54. The van der Waals surface area contributed by atoms with Crippen LogP contribution in [0.15, 0.2) is 18.2 Å². The van der Waals surface area contributed by atoms with E-state index in [-0.39, 0.29) is 12.0 Å². The van der Waals surface area contributed by atoms with E-state index in [1.807, 2.05) is 6.92 Å². The number of halogens is 1. The number of anilines is 1. The summed E-state index contributed by atoms with van der Waals surface area (Å²) in [5, 5.41) is 20.0. The Hall–Kier alpha value is -1.64. The van der Waals surface area contributed by atoms with E-state index >= 15 is 0 Å². The van der Waals surface area contributed by atoms with Crippen LogP contribution >= 0.6 is 0 Å². The molecule has 0 unspecified atom stereocenters. The van der Waals surface area contributed by atoms with E-state index in [9.17, 15) is 14.8 Å². The van der Waals surface area contributed by atoms with E-state index < -0.39 is 11.4 Å². The van der Waals surface area contributed by atoms with Gasteiger partial charge in [0.15, 0.2) is 0 Å². The topological polar surface area (TPSA) is 56.5 Å². The monoisotopic (exact) mass is 304 g/mol. The van der Waals surface area contributed by atoms with Crippen molar-refractivity contribution in [2.24, 2.45) is 5.92 Å².